The van der Waals surface area contributed by atoms with Gasteiger partial charge in [0.2, 0.25) is 0 Å². The molecule has 2 aromatic rings. The summed E-state index contributed by atoms with van der Waals surface area (Å²) in [7, 11) is 1.90. The van der Waals surface area contributed by atoms with Crippen molar-refractivity contribution < 1.29 is 0 Å². The first-order chi connectivity index (χ1) is 9.52. The minimum Gasteiger partial charge on any atom is -0.305 e. The van der Waals surface area contributed by atoms with E-state index in [4.69, 9.17) is 23.2 Å². The summed E-state index contributed by atoms with van der Waals surface area (Å²) in [4.78, 5) is 0. The van der Waals surface area contributed by atoms with E-state index < -0.39 is 0 Å². The maximum absolute atomic E-state index is 6.29. The van der Waals surface area contributed by atoms with Gasteiger partial charge in [0.15, 0.2) is 0 Å². The average Bonchev–Trinajstić information content (AvgIpc) is 2.70. The molecule has 0 saturated heterocycles. The first-order valence-corrected chi connectivity index (χ1v) is 7.46. The molecule has 3 nitrogen and oxygen atoms in total. The molecule has 2 rings (SSSR count). The van der Waals surface area contributed by atoms with Crippen LogP contribution in [0.1, 0.15) is 36.2 Å². The van der Waals surface area contributed by atoms with Gasteiger partial charge in [-0.1, -0.05) is 36.2 Å². The fraction of sp³-hybridized carbons (Fsp3) is 0.400. The van der Waals surface area contributed by atoms with Gasteiger partial charge in [-0.25, -0.2) is 0 Å². The zero-order chi connectivity index (χ0) is 14.7. The van der Waals surface area contributed by atoms with E-state index in [1.165, 1.54) is 0 Å². The number of hydrogen-bond donors (Lipinski definition) is 1. The van der Waals surface area contributed by atoms with Crippen LogP contribution >= 0.6 is 23.2 Å². The van der Waals surface area contributed by atoms with E-state index in [9.17, 15) is 0 Å². The maximum atomic E-state index is 6.29. The predicted octanol–water partition coefficient (Wildman–Crippen LogP) is 4.12. The molecule has 0 fully saturated rings. The van der Waals surface area contributed by atoms with Crippen LogP contribution in [0.4, 0.5) is 0 Å². The number of benzene rings is 1. The number of halogens is 2. The molecule has 0 amide bonds. The van der Waals surface area contributed by atoms with E-state index >= 15 is 0 Å². The molecule has 1 N–H and O–H groups in total. The van der Waals surface area contributed by atoms with Crippen molar-refractivity contribution in [1.82, 2.24) is 15.1 Å². The van der Waals surface area contributed by atoms with Crippen LogP contribution in [0.15, 0.2) is 24.4 Å². The number of rotatable bonds is 5. The third kappa shape index (κ3) is 3.35. The summed E-state index contributed by atoms with van der Waals surface area (Å²) in [6.45, 7) is 5.08. The molecule has 1 atom stereocenters. The summed E-state index contributed by atoms with van der Waals surface area (Å²) in [5.74, 6) is 0. The van der Waals surface area contributed by atoms with Crippen LogP contribution in [0.5, 0.6) is 0 Å². The Morgan fingerprint density at radius 3 is 2.60 bits per heavy atom. The van der Waals surface area contributed by atoms with E-state index in [1.54, 1.807) is 6.20 Å². The molecule has 0 aliphatic rings. The van der Waals surface area contributed by atoms with Crippen molar-refractivity contribution in [2.24, 2.45) is 7.05 Å². The second-order valence-corrected chi connectivity index (χ2v) is 5.79. The van der Waals surface area contributed by atoms with Gasteiger partial charge in [0.1, 0.15) is 0 Å². The molecule has 1 aromatic carbocycles. The molecule has 1 unspecified atom stereocenters. The summed E-state index contributed by atoms with van der Waals surface area (Å²) in [6.07, 6.45) is 2.72. The number of nitrogens with zero attached hydrogens (tertiary/aromatic N) is 2. The molecule has 0 saturated carbocycles. The highest BCUT2D eigenvalue weighted by Gasteiger charge is 2.21. The zero-order valence-corrected chi connectivity index (χ0v) is 13.5. The third-order valence-corrected chi connectivity index (χ3v) is 3.72. The third-order valence-electron chi connectivity index (χ3n) is 3.21. The average molecular weight is 312 g/mol. The van der Waals surface area contributed by atoms with Crippen molar-refractivity contribution in [2.75, 3.05) is 6.54 Å². The summed E-state index contributed by atoms with van der Waals surface area (Å²) in [5.41, 5.74) is 3.20. The molecule has 1 heterocycles. The molecule has 0 radical (unpaired) electrons. The normalized spacial score (nSPS) is 12.7. The Hall–Kier alpha value is -1.03. The van der Waals surface area contributed by atoms with Crippen molar-refractivity contribution in [3.8, 4) is 0 Å². The van der Waals surface area contributed by atoms with Crippen LogP contribution in [0, 0.1) is 6.92 Å². The standard InChI is InChI=1S/C15H19Cl2N3/c1-4-5-18-14(15-13(17)9-19-20(15)3)11-6-10(2)7-12(16)8-11/h6-9,14,18H,4-5H2,1-3H3. The van der Waals surface area contributed by atoms with Crippen molar-refractivity contribution >= 4 is 23.2 Å². The van der Waals surface area contributed by atoms with Crippen LogP contribution < -0.4 is 5.32 Å². The van der Waals surface area contributed by atoms with Crippen LogP contribution in [0.3, 0.4) is 0 Å². The number of aromatic nitrogens is 2. The first kappa shape index (κ1) is 15.4. The molecule has 1 aromatic heterocycles. The van der Waals surface area contributed by atoms with Crippen LogP contribution in [0.25, 0.3) is 0 Å². The monoisotopic (exact) mass is 311 g/mol. The van der Waals surface area contributed by atoms with Gasteiger partial charge in [-0.2, -0.15) is 5.10 Å². The number of nitrogens with one attached hydrogen (secondary N) is 1. The number of hydrogen-bond acceptors (Lipinski definition) is 2. The topological polar surface area (TPSA) is 29.9 Å². The summed E-state index contributed by atoms with van der Waals surface area (Å²) in [6, 6.07) is 6.05. The Labute approximate surface area is 129 Å². The van der Waals surface area contributed by atoms with Crippen LogP contribution in [-0.2, 0) is 7.05 Å². The number of aryl methyl sites for hydroxylation is 2. The van der Waals surface area contributed by atoms with Crippen molar-refractivity contribution in [1.29, 1.82) is 0 Å². The quantitative estimate of drug-likeness (QED) is 0.900. The molecular formula is C15H19Cl2N3. The van der Waals surface area contributed by atoms with Crippen molar-refractivity contribution in [3.05, 3.63) is 51.3 Å². The van der Waals surface area contributed by atoms with E-state index in [1.807, 2.05) is 30.8 Å². The molecule has 0 spiro atoms. The lowest BCUT2D eigenvalue weighted by Gasteiger charge is -2.21. The molecule has 0 aliphatic heterocycles. The Morgan fingerprint density at radius 1 is 1.30 bits per heavy atom. The van der Waals surface area contributed by atoms with Crippen LogP contribution in [0.2, 0.25) is 10.0 Å². The molecular weight excluding hydrogens is 293 g/mol. The molecule has 108 valence electrons. The van der Waals surface area contributed by atoms with Gasteiger partial charge in [-0.15, -0.1) is 0 Å². The molecule has 0 aliphatic carbocycles. The van der Waals surface area contributed by atoms with Gasteiger partial charge in [0.05, 0.1) is 23.0 Å². The summed E-state index contributed by atoms with van der Waals surface area (Å²) < 4.78 is 1.81. The van der Waals surface area contributed by atoms with E-state index in [2.05, 4.69) is 23.4 Å². The minimum absolute atomic E-state index is 0.00708. The smallest absolute Gasteiger partial charge is 0.0837 e. The summed E-state index contributed by atoms with van der Waals surface area (Å²) >= 11 is 12.5. The van der Waals surface area contributed by atoms with Gasteiger partial charge in [0.25, 0.3) is 0 Å². The lowest BCUT2D eigenvalue weighted by Crippen LogP contribution is -2.25. The highest BCUT2D eigenvalue weighted by atomic mass is 35.5. The Bertz CT molecular complexity index is 553. The Balaban J connectivity index is 2.47. The van der Waals surface area contributed by atoms with Gasteiger partial charge < -0.3 is 5.32 Å². The lowest BCUT2D eigenvalue weighted by molar-refractivity contribution is 0.553. The van der Waals surface area contributed by atoms with Gasteiger partial charge >= 0.3 is 0 Å². The highest BCUT2D eigenvalue weighted by Crippen LogP contribution is 2.30. The molecule has 5 heteroatoms. The second kappa shape index (κ2) is 6.61. The highest BCUT2D eigenvalue weighted by molar-refractivity contribution is 6.31. The fourth-order valence-electron chi connectivity index (χ4n) is 2.34. The van der Waals surface area contributed by atoms with Gasteiger partial charge in [-0.3, -0.25) is 4.68 Å². The lowest BCUT2D eigenvalue weighted by atomic mass is 10.0. The first-order valence-electron chi connectivity index (χ1n) is 6.70. The van der Waals surface area contributed by atoms with Gasteiger partial charge in [-0.05, 0) is 43.1 Å². The van der Waals surface area contributed by atoms with Gasteiger partial charge in [0, 0.05) is 12.1 Å². The molecule has 20 heavy (non-hydrogen) atoms. The fourth-order valence-corrected chi connectivity index (χ4v) is 2.91. The maximum Gasteiger partial charge on any atom is 0.0837 e. The molecule has 0 bridgehead atoms. The Morgan fingerprint density at radius 2 is 2.05 bits per heavy atom. The predicted molar refractivity (Wildman–Crippen MR) is 84.5 cm³/mol. The summed E-state index contributed by atoms with van der Waals surface area (Å²) in [5, 5.41) is 9.15. The van der Waals surface area contributed by atoms with E-state index in [0.29, 0.717) is 5.02 Å². The van der Waals surface area contributed by atoms with Crippen molar-refractivity contribution in [2.45, 2.75) is 26.3 Å². The van der Waals surface area contributed by atoms with E-state index in [-0.39, 0.29) is 6.04 Å². The largest absolute Gasteiger partial charge is 0.305 e. The Kier molecular flexibility index (Phi) is 5.08. The van der Waals surface area contributed by atoms with Crippen molar-refractivity contribution in [3.63, 3.8) is 0 Å². The van der Waals surface area contributed by atoms with Crippen LogP contribution in [-0.4, -0.2) is 16.3 Å². The second-order valence-electron chi connectivity index (χ2n) is 4.95. The minimum atomic E-state index is -0.00708. The SMILES string of the molecule is CCCNC(c1cc(C)cc(Cl)c1)c1c(Cl)cnn1C. The zero-order valence-electron chi connectivity index (χ0n) is 12.0. The van der Waals surface area contributed by atoms with E-state index in [0.717, 1.165) is 34.8 Å².